The molecule has 106 valence electrons. The zero-order valence-corrected chi connectivity index (χ0v) is 11.9. The Hall–Kier alpha value is -0.930. The summed E-state index contributed by atoms with van der Waals surface area (Å²) >= 11 is 0. The predicted octanol–water partition coefficient (Wildman–Crippen LogP) is 3.68. The summed E-state index contributed by atoms with van der Waals surface area (Å²) in [7, 11) is 0. The van der Waals surface area contributed by atoms with Crippen molar-refractivity contribution < 1.29 is 9.13 Å². The molecule has 0 aromatic heterocycles. The third kappa shape index (κ3) is 4.29. The highest BCUT2D eigenvalue weighted by atomic mass is 19.1. The van der Waals surface area contributed by atoms with Gasteiger partial charge in [-0.25, -0.2) is 4.39 Å². The minimum Gasteiger partial charge on any atom is -0.381 e. The molecule has 1 heterocycles. The second-order valence-corrected chi connectivity index (χ2v) is 5.68. The van der Waals surface area contributed by atoms with Crippen LogP contribution in [0.15, 0.2) is 24.3 Å². The molecule has 2 rings (SSSR count). The van der Waals surface area contributed by atoms with Gasteiger partial charge in [-0.15, -0.1) is 0 Å². The average Bonchev–Trinajstić information content (AvgIpc) is 2.65. The van der Waals surface area contributed by atoms with Gasteiger partial charge in [0, 0.05) is 25.3 Å². The van der Waals surface area contributed by atoms with Crippen LogP contribution in [0, 0.1) is 11.7 Å². The maximum atomic E-state index is 13.0. The number of hydrogen-bond donors (Lipinski definition) is 1. The van der Waals surface area contributed by atoms with Gasteiger partial charge in [-0.1, -0.05) is 26.0 Å². The van der Waals surface area contributed by atoms with E-state index in [0.29, 0.717) is 12.0 Å². The van der Waals surface area contributed by atoms with E-state index in [1.54, 1.807) is 12.1 Å². The fourth-order valence-electron chi connectivity index (χ4n) is 2.67. The van der Waals surface area contributed by atoms with Gasteiger partial charge in [0.2, 0.25) is 0 Å². The summed E-state index contributed by atoms with van der Waals surface area (Å²) in [5, 5.41) is 3.73. The summed E-state index contributed by atoms with van der Waals surface area (Å²) in [5.74, 6) is 0.309. The van der Waals surface area contributed by atoms with Gasteiger partial charge in [-0.05, 0) is 42.9 Å². The lowest BCUT2D eigenvalue weighted by Gasteiger charge is -2.28. The van der Waals surface area contributed by atoms with Crippen molar-refractivity contribution in [2.45, 2.75) is 45.2 Å². The maximum absolute atomic E-state index is 13.0. The first kappa shape index (κ1) is 14.5. The van der Waals surface area contributed by atoms with Crippen molar-refractivity contribution >= 4 is 0 Å². The van der Waals surface area contributed by atoms with Crippen LogP contribution >= 0.6 is 0 Å². The number of benzene rings is 1. The first-order valence-electron chi connectivity index (χ1n) is 7.26. The second kappa shape index (κ2) is 7.01. The molecular formula is C16H24FNO. The van der Waals surface area contributed by atoms with Gasteiger partial charge in [-0.2, -0.15) is 0 Å². The van der Waals surface area contributed by atoms with Crippen molar-refractivity contribution in [3.05, 3.63) is 35.6 Å². The highest BCUT2D eigenvalue weighted by Crippen LogP contribution is 2.24. The number of ether oxygens (including phenoxy) is 1. The molecule has 0 radical (unpaired) electrons. The largest absolute Gasteiger partial charge is 0.381 e. The minimum absolute atomic E-state index is 0.172. The molecule has 1 aliphatic rings. The van der Waals surface area contributed by atoms with Crippen molar-refractivity contribution in [1.29, 1.82) is 0 Å². The Morgan fingerprint density at radius 3 is 2.58 bits per heavy atom. The highest BCUT2D eigenvalue weighted by molar-refractivity contribution is 5.20. The lowest BCUT2D eigenvalue weighted by molar-refractivity contribution is 0.142. The Morgan fingerprint density at radius 2 is 1.89 bits per heavy atom. The number of hydrogen-bond acceptors (Lipinski definition) is 2. The molecule has 1 saturated heterocycles. The van der Waals surface area contributed by atoms with Crippen LogP contribution in [0.5, 0.6) is 0 Å². The fourth-order valence-corrected chi connectivity index (χ4v) is 2.67. The summed E-state index contributed by atoms with van der Waals surface area (Å²) in [6.07, 6.45) is 3.33. The predicted molar refractivity (Wildman–Crippen MR) is 75.6 cm³/mol. The first-order chi connectivity index (χ1) is 9.16. The van der Waals surface area contributed by atoms with E-state index in [-0.39, 0.29) is 11.9 Å². The summed E-state index contributed by atoms with van der Waals surface area (Å²) in [5.41, 5.74) is 1.17. The van der Waals surface area contributed by atoms with E-state index in [4.69, 9.17) is 4.74 Å². The highest BCUT2D eigenvalue weighted by Gasteiger charge is 2.21. The SMILES string of the molecule is CC(C)C(NC1CCCOCC1)c1ccc(F)cc1. The zero-order chi connectivity index (χ0) is 13.7. The molecule has 19 heavy (non-hydrogen) atoms. The number of halogens is 1. The van der Waals surface area contributed by atoms with Crippen LogP contribution < -0.4 is 5.32 Å². The average molecular weight is 265 g/mol. The summed E-state index contributed by atoms with van der Waals surface area (Å²) in [6, 6.07) is 7.65. The molecule has 1 fully saturated rings. The van der Waals surface area contributed by atoms with Crippen molar-refractivity contribution in [2.24, 2.45) is 5.92 Å². The molecule has 0 saturated carbocycles. The van der Waals surface area contributed by atoms with E-state index in [1.807, 2.05) is 12.1 Å². The second-order valence-electron chi connectivity index (χ2n) is 5.68. The lowest BCUT2D eigenvalue weighted by atomic mass is 9.94. The minimum atomic E-state index is -0.172. The van der Waals surface area contributed by atoms with Crippen LogP contribution in [0.25, 0.3) is 0 Å². The van der Waals surface area contributed by atoms with Crippen LogP contribution in [0.1, 0.15) is 44.7 Å². The van der Waals surface area contributed by atoms with Gasteiger partial charge >= 0.3 is 0 Å². The topological polar surface area (TPSA) is 21.3 Å². The van der Waals surface area contributed by atoms with Crippen molar-refractivity contribution in [1.82, 2.24) is 5.32 Å². The summed E-state index contributed by atoms with van der Waals surface area (Å²) < 4.78 is 18.5. The van der Waals surface area contributed by atoms with Gasteiger partial charge < -0.3 is 10.1 Å². The molecule has 1 N–H and O–H groups in total. The molecule has 0 amide bonds. The third-order valence-electron chi connectivity index (χ3n) is 3.76. The van der Waals surface area contributed by atoms with E-state index < -0.39 is 0 Å². The molecule has 0 bridgehead atoms. The normalized spacial score (nSPS) is 22.2. The molecular weight excluding hydrogens is 241 g/mol. The van der Waals surface area contributed by atoms with Crippen LogP contribution in [-0.2, 0) is 4.74 Å². The molecule has 2 nitrogen and oxygen atoms in total. The van der Waals surface area contributed by atoms with Gasteiger partial charge in [0.1, 0.15) is 5.82 Å². The van der Waals surface area contributed by atoms with Crippen LogP contribution in [0.3, 0.4) is 0 Å². The van der Waals surface area contributed by atoms with Crippen molar-refractivity contribution in [2.75, 3.05) is 13.2 Å². The van der Waals surface area contributed by atoms with Crippen molar-refractivity contribution in [3.63, 3.8) is 0 Å². The number of rotatable bonds is 4. The fraction of sp³-hybridized carbons (Fsp3) is 0.625. The van der Waals surface area contributed by atoms with E-state index in [0.717, 1.165) is 32.5 Å². The van der Waals surface area contributed by atoms with Crippen LogP contribution in [0.2, 0.25) is 0 Å². The molecule has 1 aliphatic heterocycles. The molecule has 1 aromatic carbocycles. The lowest BCUT2D eigenvalue weighted by Crippen LogP contribution is -2.35. The molecule has 0 aliphatic carbocycles. The maximum Gasteiger partial charge on any atom is 0.123 e. The Bertz CT molecular complexity index is 369. The monoisotopic (exact) mass is 265 g/mol. The van der Waals surface area contributed by atoms with Gasteiger partial charge in [0.05, 0.1) is 0 Å². The Morgan fingerprint density at radius 1 is 1.16 bits per heavy atom. The number of nitrogens with one attached hydrogen (secondary N) is 1. The molecule has 2 atom stereocenters. The zero-order valence-electron chi connectivity index (χ0n) is 11.9. The first-order valence-corrected chi connectivity index (χ1v) is 7.26. The van der Waals surface area contributed by atoms with Gasteiger partial charge in [0.15, 0.2) is 0 Å². The van der Waals surface area contributed by atoms with E-state index >= 15 is 0 Å². The third-order valence-corrected chi connectivity index (χ3v) is 3.76. The quantitative estimate of drug-likeness (QED) is 0.896. The van der Waals surface area contributed by atoms with Gasteiger partial charge in [-0.3, -0.25) is 0 Å². The Kier molecular flexibility index (Phi) is 5.34. The Balaban J connectivity index is 2.04. The standard InChI is InChI=1S/C16H24FNO/c1-12(2)16(13-5-7-14(17)8-6-13)18-15-4-3-10-19-11-9-15/h5-8,12,15-16,18H,3-4,9-11H2,1-2H3. The molecule has 0 spiro atoms. The van der Waals surface area contributed by atoms with Crippen LogP contribution in [0.4, 0.5) is 4.39 Å². The summed E-state index contributed by atoms with van der Waals surface area (Å²) in [4.78, 5) is 0. The molecule has 1 aromatic rings. The molecule has 3 heteroatoms. The summed E-state index contributed by atoms with van der Waals surface area (Å²) in [6.45, 7) is 6.12. The van der Waals surface area contributed by atoms with E-state index in [2.05, 4.69) is 19.2 Å². The Labute approximate surface area is 115 Å². The van der Waals surface area contributed by atoms with Gasteiger partial charge in [0.25, 0.3) is 0 Å². The van der Waals surface area contributed by atoms with E-state index in [9.17, 15) is 4.39 Å². The van der Waals surface area contributed by atoms with Crippen molar-refractivity contribution in [3.8, 4) is 0 Å². The van der Waals surface area contributed by atoms with Crippen LogP contribution in [-0.4, -0.2) is 19.3 Å². The van der Waals surface area contributed by atoms with E-state index in [1.165, 1.54) is 5.56 Å². The molecule has 2 unspecified atom stereocenters. The smallest absolute Gasteiger partial charge is 0.123 e.